The van der Waals surface area contributed by atoms with Crippen LogP contribution in [-0.4, -0.2) is 40.7 Å². The number of carbonyl (C=O) groups excluding carboxylic acids is 1. The average molecular weight is 335 g/mol. The third kappa shape index (κ3) is 4.33. The van der Waals surface area contributed by atoms with E-state index in [-0.39, 0.29) is 24.2 Å². The fourth-order valence-electron chi connectivity index (χ4n) is 2.90. The molecule has 0 radical (unpaired) electrons. The van der Waals surface area contributed by atoms with Gasteiger partial charge in [-0.1, -0.05) is 18.2 Å². The van der Waals surface area contributed by atoms with Gasteiger partial charge in [0.05, 0.1) is 11.9 Å². The lowest BCUT2D eigenvalue weighted by Crippen LogP contribution is -2.38. The van der Waals surface area contributed by atoms with Crippen LogP contribution in [0.25, 0.3) is 5.69 Å². The zero-order valence-electron chi connectivity index (χ0n) is 13.3. The van der Waals surface area contributed by atoms with Crippen LogP contribution in [0.2, 0.25) is 0 Å². The van der Waals surface area contributed by atoms with Gasteiger partial charge >= 0.3 is 0 Å². The molecule has 1 N–H and O–H groups in total. The van der Waals surface area contributed by atoms with Crippen LogP contribution in [0.5, 0.6) is 0 Å². The highest BCUT2D eigenvalue weighted by Crippen LogP contribution is 2.16. The maximum absolute atomic E-state index is 12.5. The van der Waals surface area contributed by atoms with Crippen molar-refractivity contribution < 1.29 is 4.79 Å². The van der Waals surface area contributed by atoms with Crippen molar-refractivity contribution in [1.82, 2.24) is 20.0 Å². The van der Waals surface area contributed by atoms with Crippen molar-refractivity contribution >= 4 is 18.3 Å². The number of rotatable bonds is 4. The molecule has 1 aliphatic heterocycles. The van der Waals surface area contributed by atoms with Gasteiger partial charge in [-0.25, -0.2) is 4.68 Å². The van der Waals surface area contributed by atoms with Gasteiger partial charge in [0, 0.05) is 31.3 Å². The Kier molecular flexibility index (Phi) is 6.19. The summed E-state index contributed by atoms with van der Waals surface area (Å²) in [6.07, 6.45) is 5.69. The molecule has 1 aromatic heterocycles. The number of hydrogen-bond acceptors (Lipinski definition) is 3. The zero-order chi connectivity index (χ0) is 15.4. The molecule has 0 bridgehead atoms. The molecule has 0 spiro atoms. The molecule has 1 saturated heterocycles. The first-order valence-electron chi connectivity index (χ1n) is 7.79. The van der Waals surface area contributed by atoms with Gasteiger partial charge < -0.3 is 10.2 Å². The van der Waals surface area contributed by atoms with E-state index in [1.165, 1.54) is 0 Å². The SMILES string of the molecule is CN(Cc1cnn(-c2ccccc2)c1)C(=O)C1CCNCC1.Cl. The molecule has 1 aromatic carbocycles. The summed E-state index contributed by atoms with van der Waals surface area (Å²) in [6, 6.07) is 9.99. The Morgan fingerprint density at radius 1 is 1.30 bits per heavy atom. The second-order valence-electron chi connectivity index (χ2n) is 5.85. The molecule has 1 fully saturated rings. The fourth-order valence-corrected chi connectivity index (χ4v) is 2.90. The number of amides is 1. The van der Waals surface area contributed by atoms with Gasteiger partial charge in [-0.2, -0.15) is 5.10 Å². The Balaban J connectivity index is 0.00000192. The number of nitrogens with zero attached hydrogens (tertiary/aromatic N) is 3. The minimum absolute atomic E-state index is 0. The molecular weight excluding hydrogens is 312 g/mol. The van der Waals surface area contributed by atoms with Crippen molar-refractivity contribution in [2.75, 3.05) is 20.1 Å². The lowest BCUT2D eigenvalue weighted by molar-refractivity contribution is -0.135. The highest BCUT2D eigenvalue weighted by atomic mass is 35.5. The summed E-state index contributed by atoms with van der Waals surface area (Å²) in [5, 5.41) is 7.68. The van der Waals surface area contributed by atoms with E-state index in [4.69, 9.17) is 0 Å². The van der Waals surface area contributed by atoms with E-state index in [9.17, 15) is 4.79 Å². The number of carbonyl (C=O) groups is 1. The molecule has 1 amide bonds. The summed E-state index contributed by atoms with van der Waals surface area (Å²) >= 11 is 0. The molecule has 0 saturated carbocycles. The third-order valence-electron chi connectivity index (χ3n) is 4.14. The second kappa shape index (κ2) is 8.13. The van der Waals surface area contributed by atoms with Gasteiger partial charge in [-0.15, -0.1) is 12.4 Å². The quantitative estimate of drug-likeness (QED) is 0.933. The first kappa shape index (κ1) is 17.5. The van der Waals surface area contributed by atoms with Crippen LogP contribution in [0, 0.1) is 5.92 Å². The monoisotopic (exact) mass is 334 g/mol. The number of para-hydroxylation sites is 1. The Bertz CT molecular complexity index is 623. The zero-order valence-corrected chi connectivity index (χ0v) is 14.1. The largest absolute Gasteiger partial charge is 0.341 e. The lowest BCUT2D eigenvalue weighted by Gasteiger charge is -2.26. The van der Waals surface area contributed by atoms with Crippen molar-refractivity contribution in [3.63, 3.8) is 0 Å². The van der Waals surface area contributed by atoms with Crippen molar-refractivity contribution in [2.45, 2.75) is 19.4 Å². The van der Waals surface area contributed by atoms with E-state index in [0.717, 1.165) is 37.2 Å². The van der Waals surface area contributed by atoms with Crippen LogP contribution in [0.15, 0.2) is 42.7 Å². The molecule has 1 aliphatic rings. The molecule has 23 heavy (non-hydrogen) atoms. The number of piperidine rings is 1. The van der Waals surface area contributed by atoms with Gasteiger partial charge in [0.2, 0.25) is 5.91 Å². The summed E-state index contributed by atoms with van der Waals surface area (Å²) in [6.45, 7) is 2.49. The van der Waals surface area contributed by atoms with E-state index < -0.39 is 0 Å². The molecule has 124 valence electrons. The number of benzene rings is 1. The first-order valence-corrected chi connectivity index (χ1v) is 7.79. The topological polar surface area (TPSA) is 50.2 Å². The number of halogens is 1. The molecule has 5 nitrogen and oxygen atoms in total. The van der Waals surface area contributed by atoms with Crippen LogP contribution >= 0.6 is 12.4 Å². The van der Waals surface area contributed by atoms with Crippen molar-refractivity contribution in [1.29, 1.82) is 0 Å². The highest BCUT2D eigenvalue weighted by Gasteiger charge is 2.24. The van der Waals surface area contributed by atoms with Gasteiger partial charge in [0.15, 0.2) is 0 Å². The Morgan fingerprint density at radius 3 is 2.70 bits per heavy atom. The average Bonchev–Trinajstić information content (AvgIpc) is 3.04. The van der Waals surface area contributed by atoms with Gasteiger partial charge in [-0.05, 0) is 38.1 Å². The standard InChI is InChI=1S/C17H22N4O.ClH/c1-20(17(22)15-7-9-18-10-8-15)12-14-11-19-21(13-14)16-5-3-2-4-6-16;/h2-6,11,13,15,18H,7-10,12H2,1H3;1H. The molecule has 0 atom stereocenters. The molecule has 0 aliphatic carbocycles. The molecule has 2 heterocycles. The first-order chi connectivity index (χ1) is 10.7. The van der Waals surface area contributed by atoms with E-state index in [0.29, 0.717) is 6.54 Å². The highest BCUT2D eigenvalue weighted by molar-refractivity contribution is 5.85. The summed E-state index contributed by atoms with van der Waals surface area (Å²) in [7, 11) is 1.88. The minimum Gasteiger partial charge on any atom is -0.341 e. The summed E-state index contributed by atoms with van der Waals surface area (Å²) in [5.74, 6) is 0.407. The third-order valence-corrected chi connectivity index (χ3v) is 4.14. The van der Waals surface area contributed by atoms with E-state index in [2.05, 4.69) is 10.4 Å². The lowest BCUT2D eigenvalue weighted by atomic mass is 9.96. The van der Waals surface area contributed by atoms with Crippen LogP contribution in [0.3, 0.4) is 0 Å². The fraction of sp³-hybridized carbons (Fsp3) is 0.412. The second-order valence-corrected chi connectivity index (χ2v) is 5.85. The van der Waals surface area contributed by atoms with Crippen LogP contribution in [-0.2, 0) is 11.3 Å². The number of aromatic nitrogens is 2. The molecule has 3 rings (SSSR count). The Hall–Kier alpha value is -1.85. The normalized spacial score (nSPS) is 15.0. The Labute approximate surface area is 143 Å². The van der Waals surface area contributed by atoms with Gasteiger partial charge in [0.25, 0.3) is 0 Å². The number of nitrogens with one attached hydrogen (secondary N) is 1. The van der Waals surface area contributed by atoms with E-state index >= 15 is 0 Å². The molecule has 2 aromatic rings. The maximum atomic E-state index is 12.5. The minimum atomic E-state index is 0. The van der Waals surface area contributed by atoms with Crippen molar-refractivity contribution in [3.05, 3.63) is 48.3 Å². The Morgan fingerprint density at radius 2 is 2.00 bits per heavy atom. The molecular formula is C17H23ClN4O. The maximum Gasteiger partial charge on any atom is 0.225 e. The van der Waals surface area contributed by atoms with Gasteiger partial charge in [0.1, 0.15) is 0 Å². The predicted octanol–water partition coefficient (Wildman–Crippen LogP) is 2.25. The van der Waals surface area contributed by atoms with Crippen molar-refractivity contribution in [2.24, 2.45) is 5.92 Å². The summed E-state index contributed by atoms with van der Waals surface area (Å²) in [5.41, 5.74) is 2.08. The predicted molar refractivity (Wildman–Crippen MR) is 92.9 cm³/mol. The van der Waals surface area contributed by atoms with Crippen LogP contribution < -0.4 is 5.32 Å². The van der Waals surface area contributed by atoms with Crippen LogP contribution in [0.1, 0.15) is 18.4 Å². The smallest absolute Gasteiger partial charge is 0.225 e. The summed E-state index contributed by atoms with van der Waals surface area (Å²) in [4.78, 5) is 14.3. The van der Waals surface area contributed by atoms with E-state index in [1.54, 1.807) is 0 Å². The molecule has 0 unspecified atom stereocenters. The van der Waals surface area contributed by atoms with Crippen molar-refractivity contribution in [3.8, 4) is 5.69 Å². The van der Waals surface area contributed by atoms with E-state index in [1.807, 2.05) is 59.4 Å². The van der Waals surface area contributed by atoms with Gasteiger partial charge in [-0.3, -0.25) is 4.79 Å². The summed E-state index contributed by atoms with van der Waals surface area (Å²) < 4.78 is 1.85. The van der Waals surface area contributed by atoms with Crippen LogP contribution in [0.4, 0.5) is 0 Å². The number of hydrogen-bond donors (Lipinski definition) is 1. The molecule has 6 heteroatoms.